The fraction of sp³-hybridized carbons (Fsp3) is 0.306. The average molecular weight is 688 g/mol. The first kappa shape index (κ1) is 35.0. The summed E-state index contributed by atoms with van der Waals surface area (Å²) in [7, 11) is -1.82. The van der Waals surface area contributed by atoms with E-state index in [1.165, 1.54) is 6.92 Å². The van der Waals surface area contributed by atoms with Gasteiger partial charge < -0.3 is 24.8 Å². The molecule has 13 heteroatoms. The van der Waals surface area contributed by atoms with Gasteiger partial charge >= 0.3 is 18.0 Å². The fourth-order valence-corrected chi connectivity index (χ4v) is 7.16. The first-order valence-corrected chi connectivity index (χ1v) is 16.9. The third kappa shape index (κ3) is 8.23. The maximum absolute atomic E-state index is 14.0. The number of carbonyl (C=O) groups excluding carboxylic acids is 5. The van der Waals surface area contributed by atoms with E-state index >= 15 is 0 Å². The molecule has 3 aromatic rings. The zero-order chi connectivity index (χ0) is 35.3. The van der Waals surface area contributed by atoms with E-state index in [1.807, 2.05) is 12.1 Å². The SMILES string of the molecule is CC(=O)OCC1=C(C(=O)OC(c2ccccc2)c2ccccc2)N2C(=O)C(NC(=O)C(NC(=O)OC(C)(C)C)c3ccccc3)C2S(=O)C1. The van der Waals surface area contributed by atoms with Crippen molar-refractivity contribution >= 4 is 40.6 Å². The second-order valence-electron chi connectivity index (χ2n) is 12.4. The van der Waals surface area contributed by atoms with Crippen LogP contribution in [-0.2, 0) is 44.2 Å². The Balaban J connectivity index is 1.43. The van der Waals surface area contributed by atoms with Crippen molar-refractivity contribution in [2.75, 3.05) is 12.4 Å². The zero-order valence-electron chi connectivity index (χ0n) is 27.4. The van der Waals surface area contributed by atoms with Crippen molar-refractivity contribution in [3.8, 4) is 0 Å². The first-order chi connectivity index (χ1) is 23.3. The smallest absolute Gasteiger partial charge is 0.408 e. The maximum Gasteiger partial charge on any atom is 0.408 e. The molecule has 4 unspecified atom stereocenters. The van der Waals surface area contributed by atoms with Gasteiger partial charge in [0.25, 0.3) is 5.91 Å². The Kier molecular flexibility index (Phi) is 10.6. The molecule has 1 saturated heterocycles. The summed E-state index contributed by atoms with van der Waals surface area (Å²) in [4.78, 5) is 67.0. The monoisotopic (exact) mass is 687 g/mol. The van der Waals surface area contributed by atoms with E-state index in [4.69, 9.17) is 14.2 Å². The standard InChI is InChI=1S/C36H37N3O9S/c1-22(40)46-20-26-21-49(45)33-28(37-31(41)27(23-14-8-5-9-15-23)38-35(44)48-36(2,3)4)32(42)39(33)29(26)34(43)47-30(24-16-10-6-11-17-24)25-18-12-7-13-19-25/h5-19,27-28,30,33H,20-21H2,1-4H3,(H,37,41)(H,38,44). The summed E-state index contributed by atoms with van der Waals surface area (Å²) in [6.07, 6.45) is -1.71. The van der Waals surface area contributed by atoms with Gasteiger partial charge in [0.1, 0.15) is 35.4 Å². The number of amides is 3. The molecule has 0 aromatic heterocycles. The molecule has 2 heterocycles. The number of nitrogens with one attached hydrogen (secondary N) is 2. The van der Waals surface area contributed by atoms with Crippen molar-refractivity contribution in [3.05, 3.63) is 119 Å². The molecule has 0 bridgehead atoms. The van der Waals surface area contributed by atoms with E-state index < -0.39 is 76.4 Å². The van der Waals surface area contributed by atoms with Crippen LogP contribution in [-0.4, -0.2) is 68.3 Å². The van der Waals surface area contributed by atoms with Crippen molar-refractivity contribution in [2.24, 2.45) is 0 Å². The van der Waals surface area contributed by atoms with E-state index in [0.29, 0.717) is 16.7 Å². The molecule has 49 heavy (non-hydrogen) atoms. The molecule has 5 rings (SSSR count). The molecule has 0 aliphatic carbocycles. The van der Waals surface area contributed by atoms with Crippen LogP contribution in [0, 0.1) is 0 Å². The minimum atomic E-state index is -1.82. The molecule has 4 atom stereocenters. The second kappa shape index (κ2) is 14.9. The van der Waals surface area contributed by atoms with Crippen molar-refractivity contribution in [1.29, 1.82) is 0 Å². The summed E-state index contributed by atoms with van der Waals surface area (Å²) in [6, 6.07) is 23.9. The molecule has 0 saturated carbocycles. The van der Waals surface area contributed by atoms with Gasteiger partial charge in [-0.25, -0.2) is 9.59 Å². The van der Waals surface area contributed by atoms with E-state index in [9.17, 15) is 28.2 Å². The van der Waals surface area contributed by atoms with Gasteiger partial charge in [-0.3, -0.25) is 23.5 Å². The number of benzene rings is 3. The van der Waals surface area contributed by atoms with Gasteiger partial charge in [0.05, 0.1) is 16.6 Å². The van der Waals surface area contributed by atoms with Crippen LogP contribution in [0.5, 0.6) is 0 Å². The molecule has 12 nitrogen and oxygen atoms in total. The molecule has 3 amide bonds. The largest absolute Gasteiger partial charge is 0.461 e. The van der Waals surface area contributed by atoms with Crippen molar-refractivity contribution in [3.63, 3.8) is 0 Å². The lowest BCUT2D eigenvalue weighted by atomic mass is 10.00. The number of fused-ring (bicyclic) bond motifs is 1. The third-order valence-corrected chi connectivity index (χ3v) is 9.29. The Bertz CT molecular complexity index is 1740. The molecule has 1 fully saturated rings. The summed E-state index contributed by atoms with van der Waals surface area (Å²) in [5.74, 6) is -3.23. The minimum absolute atomic E-state index is 0.140. The Hall–Kier alpha value is -5.30. The summed E-state index contributed by atoms with van der Waals surface area (Å²) in [6.45, 7) is 5.83. The number of rotatable bonds is 10. The zero-order valence-corrected chi connectivity index (χ0v) is 28.2. The molecule has 256 valence electrons. The first-order valence-electron chi connectivity index (χ1n) is 15.6. The number of esters is 2. The summed E-state index contributed by atoms with van der Waals surface area (Å²) < 4.78 is 30.2. The molecular weight excluding hydrogens is 650 g/mol. The van der Waals surface area contributed by atoms with E-state index in [1.54, 1.807) is 99.6 Å². The van der Waals surface area contributed by atoms with Crippen molar-refractivity contribution in [1.82, 2.24) is 15.5 Å². The maximum atomic E-state index is 14.0. The number of nitrogens with zero attached hydrogens (tertiary/aromatic N) is 1. The van der Waals surface area contributed by atoms with Gasteiger partial charge in [0, 0.05) is 12.5 Å². The van der Waals surface area contributed by atoms with Gasteiger partial charge in [-0.15, -0.1) is 0 Å². The van der Waals surface area contributed by atoms with Crippen LogP contribution in [0.1, 0.15) is 56.5 Å². The van der Waals surface area contributed by atoms with Gasteiger partial charge in [0.2, 0.25) is 5.91 Å². The molecule has 2 N–H and O–H groups in total. The summed E-state index contributed by atoms with van der Waals surface area (Å²) in [5.41, 5.74) is 0.854. The Morgan fingerprint density at radius 3 is 1.92 bits per heavy atom. The van der Waals surface area contributed by atoms with Crippen LogP contribution >= 0.6 is 0 Å². The third-order valence-electron chi connectivity index (χ3n) is 7.63. The highest BCUT2D eigenvalue weighted by molar-refractivity contribution is 7.86. The number of alkyl carbamates (subject to hydrolysis) is 1. The number of carbonyl (C=O) groups is 5. The Morgan fingerprint density at radius 2 is 1.41 bits per heavy atom. The quantitative estimate of drug-likeness (QED) is 0.184. The molecular formula is C36H37N3O9S. The number of hydrogen-bond donors (Lipinski definition) is 2. The highest BCUT2D eigenvalue weighted by atomic mass is 32.2. The number of hydrogen-bond acceptors (Lipinski definition) is 9. The Labute approximate surface area is 286 Å². The number of ether oxygens (including phenoxy) is 3. The van der Waals surface area contributed by atoms with Gasteiger partial charge in [-0.2, -0.15) is 0 Å². The normalized spacial score (nSPS) is 19.2. The number of β-lactam (4-membered cyclic amide) rings is 1. The minimum Gasteiger partial charge on any atom is -0.461 e. The van der Waals surface area contributed by atoms with E-state index in [0.717, 1.165) is 4.90 Å². The van der Waals surface area contributed by atoms with Crippen LogP contribution in [0.15, 0.2) is 102 Å². The topological polar surface area (TPSA) is 157 Å². The predicted molar refractivity (Wildman–Crippen MR) is 179 cm³/mol. The molecule has 2 aliphatic rings. The fourth-order valence-electron chi connectivity index (χ4n) is 5.50. The van der Waals surface area contributed by atoms with Crippen LogP contribution in [0.25, 0.3) is 0 Å². The van der Waals surface area contributed by atoms with Gasteiger partial charge in [-0.1, -0.05) is 91.0 Å². The van der Waals surface area contributed by atoms with Crippen LogP contribution in [0.3, 0.4) is 0 Å². The van der Waals surface area contributed by atoms with Gasteiger partial charge in [-0.05, 0) is 37.5 Å². The lowest BCUT2D eigenvalue weighted by Gasteiger charge is -2.49. The molecule has 0 radical (unpaired) electrons. The lowest BCUT2D eigenvalue weighted by Crippen LogP contribution is -2.74. The highest BCUT2D eigenvalue weighted by Crippen LogP contribution is 2.37. The molecule has 0 spiro atoms. The Morgan fingerprint density at radius 1 is 0.878 bits per heavy atom. The molecule has 3 aromatic carbocycles. The highest BCUT2D eigenvalue weighted by Gasteiger charge is 2.58. The van der Waals surface area contributed by atoms with Crippen molar-refractivity contribution in [2.45, 2.75) is 56.9 Å². The second-order valence-corrected chi connectivity index (χ2v) is 14.0. The van der Waals surface area contributed by atoms with Crippen LogP contribution in [0.4, 0.5) is 4.79 Å². The average Bonchev–Trinajstić information content (AvgIpc) is 3.07. The predicted octanol–water partition coefficient (Wildman–Crippen LogP) is 3.82. The summed E-state index contributed by atoms with van der Waals surface area (Å²) >= 11 is 0. The van der Waals surface area contributed by atoms with Crippen LogP contribution < -0.4 is 10.6 Å². The lowest BCUT2D eigenvalue weighted by molar-refractivity contribution is -0.155. The summed E-state index contributed by atoms with van der Waals surface area (Å²) in [5, 5.41) is 4.04. The van der Waals surface area contributed by atoms with Crippen molar-refractivity contribution < 1.29 is 42.4 Å². The van der Waals surface area contributed by atoms with E-state index in [-0.39, 0.29) is 17.0 Å². The molecule has 2 aliphatic heterocycles. The van der Waals surface area contributed by atoms with Gasteiger partial charge in [0.15, 0.2) is 6.10 Å². The van der Waals surface area contributed by atoms with Crippen LogP contribution in [0.2, 0.25) is 0 Å². The van der Waals surface area contributed by atoms with E-state index in [2.05, 4.69) is 10.6 Å².